The Labute approximate surface area is 112 Å². The maximum atomic E-state index is 12.1. The Morgan fingerprint density at radius 2 is 2.11 bits per heavy atom. The first-order valence-corrected chi connectivity index (χ1v) is 6.44. The fourth-order valence-corrected chi connectivity index (χ4v) is 2.46. The van der Waals surface area contributed by atoms with Gasteiger partial charge in [-0.05, 0) is 17.5 Å². The number of anilines is 1. The zero-order valence-corrected chi connectivity index (χ0v) is 11.2. The van der Waals surface area contributed by atoms with Gasteiger partial charge < -0.3 is 4.90 Å². The Hall–Kier alpha value is -1.88. The van der Waals surface area contributed by atoms with Crippen LogP contribution in [0.1, 0.15) is 31.7 Å². The number of carbonyl (C=O) groups excluding carboxylic acids is 2. The molecule has 0 radical (unpaired) electrons. The summed E-state index contributed by atoms with van der Waals surface area (Å²) < 4.78 is 0. The standard InChI is InChI=1S/C14H19N3O2/c1-9(2)11-5-3-4-6-12(11)17-8-10(7-13(17)18)14(19)16-15/h3-6,9-10H,7-8,15H2,1-2H3,(H,16,19). The first-order valence-electron chi connectivity index (χ1n) is 6.44. The predicted molar refractivity (Wildman–Crippen MR) is 73.3 cm³/mol. The van der Waals surface area contributed by atoms with E-state index in [9.17, 15) is 9.59 Å². The number of carbonyl (C=O) groups is 2. The molecule has 1 heterocycles. The second-order valence-electron chi connectivity index (χ2n) is 5.13. The Morgan fingerprint density at radius 3 is 2.74 bits per heavy atom. The molecule has 0 spiro atoms. The predicted octanol–water partition coefficient (Wildman–Crippen LogP) is 1.15. The van der Waals surface area contributed by atoms with E-state index < -0.39 is 0 Å². The molecule has 0 aromatic heterocycles. The van der Waals surface area contributed by atoms with Gasteiger partial charge in [-0.3, -0.25) is 15.0 Å². The highest BCUT2D eigenvalue weighted by molar-refractivity contribution is 6.00. The van der Waals surface area contributed by atoms with Crippen LogP contribution in [-0.2, 0) is 9.59 Å². The second kappa shape index (κ2) is 5.40. The molecular weight excluding hydrogens is 242 g/mol. The number of hydrogen-bond acceptors (Lipinski definition) is 3. The summed E-state index contributed by atoms with van der Waals surface area (Å²) >= 11 is 0. The summed E-state index contributed by atoms with van der Waals surface area (Å²) in [4.78, 5) is 25.3. The maximum absolute atomic E-state index is 12.1. The van der Waals surface area contributed by atoms with Gasteiger partial charge in [-0.2, -0.15) is 0 Å². The molecule has 5 nitrogen and oxygen atoms in total. The number of nitrogens with two attached hydrogens (primary N) is 1. The Balaban J connectivity index is 2.28. The van der Waals surface area contributed by atoms with E-state index in [1.165, 1.54) is 0 Å². The van der Waals surface area contributed by atoms with Crippen molar-refractivity contribution in [2.45, 2.75) is 26.2 Å². The van der Waals surface area contributed by atoms with Gasteiger partial charge in [-0.25, -0.2) is 5.84 Å². The first kappa shape index (κ1) is 13.5. The van der Waals surface area contributed by atoms with E-state index in [0.29, 0.717) is 12.5 Å². The van der Waals surface area contributed by atoms with E-state index in [4.69, 9.17) is 5.84 Å². The van der Waals surface area contributed by atoms with Crippen LogP contribution < -0.4 is 16.2 Å². The molecule has 1 aliphatic heterocycles. The number of hydrazine groups is 1. The molecule has 1 aliphatic rings. The molecular formula is C14H19N3O2. The number of nitrogens with one attached hydrogen (secondary N) is 1. The average molecular weight is 261 g/mol. The van der Waals surface area contributed by atoms with Gasteiger partial charge in [0.05, 0.1) is 5.92 Å². The third-order valence-electron chi connectivity index (χ3n) is 3.49. The maximum Gasteiger partial charge on any atom is 0.239 e. The van der Waals surface area contributed by atoms with Crippen molar-refractivity contribution >= 4 is 17.5 Å². The van der Waals surface area contributed by atoms with Crippen LogP contribution in [0.4, 0.5) is 5.69 Å². The molecule has 1 atom stereocenters. The normalized spacial score (nSPS) is 19.1. The topological polar surface area (TPSA) is 75.4 Å². The number of hydrogen-bond donors (Lipinski definition) is 2. The molecule has 2 rings (SSSR count). The van der Waals surface area contributed by atoms with E-state index in [1.807, 2.05) is 24.3 Å². The number of rotatable bonds is 3. The van der Waals surface area contributed by atoms with Gasteiger partial charge in [0, 0.05) is 18.7 Å². The molecule has 0 bridgehead atoms. The fraction of sp³-hybridized carbons (Fsp3) is 0.429. The quantitative estimate of drug-likeness (QED) is 0.487. The molecule has 1 aromatic carbocycles. The van der Waals surface area contributed by atoms with Crippen LogP contribution in [0.3, 0.4) is 0 Å². The lowest BCUT2D eigenvalue weighted by Gasteiger charge is -2.22. The molecule has 1 fully saturated rings. The van der Waals surface area contributed by atoms with Crippen LogP contribution >= 0.6 is 0 Å². The minimum atomic E-state index is -0.363. The largest absolute Gasteiger partial charge is 0.311 e. The van der Waals surface area contributed by atoms with E-state index in [-0.39, 0.29) is 24.2 Å². The van der Waals surface area contributed by atoms with Gasteiger partial charge in [0.1, 0.15) is 0 Å². The van der Waals surface area contributed by atoms with Crippen LogP contribution in [0.15, 0.2) is 24.3 Å². The van der Waals surface area contributed by atoms with Gasteiger partial charge in [0.15, 0.2) is 0 Å². The second-order valence-corrected chi connectivity index (χ2v) is 5.13. The molecule has 2 amide bonds. The summed E-state index contributed by atoms with van der Waals surface area (Å²) in [5.41, 5.74) is 4.13. The Bertz CT molecular complexity index is 499. The van der Waals surface area contributed by atoms with Crippen molar-refractivity contribution in [1.82, 2.24) is 5.43 Å². The van der Waals surface area contributed by atoms with E-state index in [0.717, 1.165) is 11.3 Å². The Morgan fingerprint density at radius 1 is 1.42 bits per heavy atom. The van der Waals surface area contributed by atoms with Gasteiger partial charge in [0.25, 0.3) is 0 Å². The summed E-state index contributed by atoms with van der Waals surface area (Å²) in [7, 11) is 0. The molecule has 1 aromatic rings. The third-order valence-corrected chi connectivity index (χ3v) is 3.49. The van der Waals surface area contributed by atoms with Crippen molar-refractivity contribution in [3.8, 4) is 0 Å². The molecule has 5 heteroatoms. The number of benzene rings is 1. The number of nitrogens with zero attached hydrogens (tertiary/aromatic N) is 1. The first-order chi connectivity index (χ1) is 9.04. The molecule has 0 aliphatic carbocycles. The minimum absolute atomic E-state index is 0.0262. The summed E-state index contributed by atoms with van der Waals surface area (Å²) in [5, 5.41) is 0. The van der Waals surface area contributed by atoms with Crippen LogP contribution in [-0.4, -0.2) is 18.4 Å². The van der Waals surface area contributed by atoms with Gasteiger partial charge >= 0.3 is 0 Å². The fourth-order valence-electron chi connectivity index (χ4n) is 2.46. The monoisotopic (exact) mass is 261 g/mol. The molecule has 1 saturated heterocycles. The minimum Gasteiger partial charge on any atom is -0.311 e. The highest BCUT2D eigenvalue weighted by atomic mass is 16.2. The lowest BCUT2D eigenvalue weighted by molar-refractivity contribution is -0.126. The van der Waals surface area contributed by atoms with Crippen LogP contribution in [0.25, 0.3) is 0 Å². The third kappa shape index (κ3) is 2.61. The molecule has 0 saturated carbocycles. The molecule has 102 valence electrons. The van der Waals surface area contributed by atoms with Crippen LogP contribution in [0.5, 0.6) is 0 Å². The van der Waals surface area contributed by atoms with E-state index in [2.05, 4.69) is 19.3 Å². The molecule has 19 heavy (non-hydrogen) atoms. The molecule has 3 N–H and O–H groups in total. The van der Waals surface area contributed by atoms with Gasteiger partial charge in [0.2, 0.25) is 11.8 Å². The van der Waals surface area contributed by atoms with Crippen molar-refractivity contribution in [3.05, 3.63) is 29.8 Å². The van der Waals surface area contributed by atoms with Crippen molar-refractivity contribution < 1.29 is 9.59 Å². The summed E-state index contributed by atoms with van der Waals surface area (Å²) in [6, 6.07) is 7.81. The van der Waals surface area contributed by atoms with Crippen molar-refractivity contribution in [2.24, 2.45) is 11.8 Å². The highest BCUT2D eigenvalue weighted by Crippen LogP contribution is 2.31. The zero-order valence-electron chi connectivity index (χ0n) is 11.2. The summed E-state index contributed by atoms with van der Waals surface area (Å²) in [5.74, 6) is 4.79. The van der Waals surface area contributed by atoms with Crippen LogP contribution in [0, 0.1) is 5.92 Å². The van der Waals surface area contributed by atoms with Crippen LogP contribution in [0.2, 0.25) is 0 Å². The zero-order chi connectivity index (χ0) is 14.0. The van der Waals surface area contributed by atoms with Gasteiger partial charge in [-0.1, -0.05) is 32.0 Å². The van der Waals surface area contributed by atoms with Crippen molar-refractivity contribution in [3.63, 3.8) is 0 Å². The lowest BCUT2D eigenvalue weighted by atomic mass is 10.0. The van der Waals surface area contributed by atoms with Crippen molar-refractivity contribution in [2.75, 3.05) is 11.4 Å². The SMILES string of the molecule is CC(C)c1ccccc1N1CC(C(=O)NN)CC1=O. The highest BCUT2D eigenvalue weighted by Gasteiger charge is 2.35. The Kier molecular flexibility index (Phi) is 3.85. The summed E-state index contributed by atoms with van der Waals surface area (Å²) in [6.07, 6.45) is 0.218. The lowest BCUT2D eigenvalue weighted by Crippen LogP contribution is -2.37. The summed E-state index contributed by atoms with van der Waals surface area (Å²) in [6.45, 7) is 4.57. The molecule has 1 unspecified atom stereocenters. The smallest absolute Gasteiger partial charge is 0.239 e. The van der Waals surface area contributed by atoms with E-state index in [1.54, 1.807) is 4.90 Å². The number of para-hydroxylation sites is 1. The number of amides is 2. The van der Waals surface area contributed by atoms with Gasteiger partial charge in [-0.15, -0.1) is 0 Å². The van der Waals surface area contributed by atoms with Crippen molar-refractivity contribution in [1.29, 1.82) is 0 Å². The average Bonchev–Trinajstić information content (AvgIpc) is 2.79. The van der Waals surface area contributed by atoms with E-state index >= 15 is 0 Å².